The quantitative estimate of drug-likeness (QED) is 0.729. The summed E-state index contributed by atoms with van der Waals surface area (Å²) in [6.45, 7) is 4.66. The van der Waals surface area contributed by atoms with E-state index in [0.29, 0.717) is 23.9 Å². The summed E-state index contributed by atoms with van der Waals surface area (Å²) in [6, 6.07) is 19.6. The van der Waals surface area contributed by atoms with Gasteiger partial charge < -0.3 is 10.6 Å². The van der Waals surface area contributed by atoms with Crippen LogP contribution >= 0.6 is 0 Å². The highest BCUT2D eigenvalue weighted by Gasteiger charge is 2.06. The van der Waals surface area contributed by atoms with E-state index in [2.05, 4.69) is 45.7 Å². The minimum atomic E-state index is 0.556. The molecule has 0 amide bonds. The number of nitriles is 1. The number of anilines is 3. The average molecular weight is 329 g/mol. The van der Waals surface area contributed by atoms with E-state index in [9.17, 15) is 5.26 Å². The van der Waals surface area contributed by atoms with Crippen LogP contribution in [0.3, 0.4) is 0 Å². The fraction of sp³-hybridized carbons (Fsp3) is 0.150. The Morgan fingerprint density at radius 1 is 1.00 bits per heavy atom. The van der Waals surface area contributed by atoms with Gasteiger partial charge in [-0.05, 0) is 37.1 Å². The molecule has 0 saturated heterocycles. The number of para-hydroxylation sites is 1. The molecule has 0 aliphatic rings. The average Bonchev–Trinajstić information content (AvgIpc) is 2.61. The molecular formula is C20H19N5. The molecule has 3 aromatic rings. The monoisotopic (exact) mass is 329 g/mol. The van der Waals surface area contributed by atoms with Crippen molar-refractivity contribution < 1.29 is 0 Å². The molecule has 0 saturated carbocycles. The largest absolute Gasteiger partial charge is 0.350 e. The zero-order chi connectivity index (χ0) is 17.6. The lowest BCUT2D eigenvalue weighted by Crippen LogP contribution is -2.07. The van der Waals surface area contributed by atoms with Gasteiger partial charge in [-0.1, -0.05) is 36.4 Å². The lowest BCUT2D eigenvalue weighted by molar-refractivity contribution is 1.02. The summed E-state index contributed by atoms with van der Waals surface area (Å²) in [5.74, 6) is 1.21. The van der Waals surface area contributed by atoms with Gasteiger partial charge in [0.25, 0.3) is 0 Å². The lowest BCUT2D eigenvalue weighted by Gasteiger charge is -2.11. The maximum Gasteiger partial charge on any atom is 0.225 e. The van der Waals surface area contributed by atoms with Gasteiger partial charge in [0.05, 0.1) is 11.3 Å². The molecular weight excluding hydrogens is 310 g/mol. The summed E-state index contributed by atoms with van der Waals surface area (Å²) in [5.41, 5.74) is 4.58. The highest BCUT2D eigenvalue weighted by atomic mass is 15.1. The van der Waals surface area contributed by atoms with Crippen molar-refractivity contribution in [3.8, 4) is 6.07 Å². The molecule has 0 aliphatic heterocycles. The van der Waals surface area contributed by atoms with Crippen molar-refractivity contribution in [3.63, 3.8) is 0 Å². The third-order valence-corrected chi connectivity index (χ3v) is 3.86. The standard InChI is InChI=1S/C20H19N5/c1-14-7-3-4-9-17(14)13-22-20-23-15(2)11-19(25-20)24-18-10-6-5-8-16(18)12-21/h3-11H,13H2,1-2H3,(H2,22,23,24,25). The van der Waals surface area contributed by atoms with E-state index in [4.69, 9.17) is 0 Å². The first-order valence-electron chi connectivity index (χ1n) is 8.06. The first kappa shape index (κ1) is 16.5. The summed E-state index contributed by atoms with van der Waals surface area (Å²) >= 11 is 0. The molecule has 1 heterocycles. The van der Waals surface area contributed by atoms with Crippen molar-refractivity contribution in [2.75, 3.05) is 10.6 Å². The molecule has 2 N–H and O–H groups in total. The number of hydrogen-bond donors (Lipinski definition) is 2. The van der Waals surface area contributed by atoms with E-state index in [1.54, 1.807) is 6.07 Å². The Morgan fingerprint density at radius 2 is 1.76 bits per heavy atom. The van der Waals surface area contributed by atoms with Gasteiger partial charge in [0, 0.05) is 18.3 Å². The highest BCUT2D eigenvalue weighted by molar-refractivity contribution is 5.65. The van der Waals surface area contributed by atoms with Crippen molar-refractivity contribution in [3.05, 3.63) is 77.0 Å². The molecule has 0 spiro atoms. The maximum absolute atomic E-state index is 9.21. The lowest BCUT2D eigenvalue weighted by atomic mass is 10.1. The molecule has 2 aromatic carbocycles. The summed E-state index contributed by atoms with van der Waals surface area (Å²) in [7, 11) is 0. The van der Waals surface area contributed by atoms with Gasteiger partial charge in [0.2, 0.25) is 5.95 Å². The molecule has 25 heavy (non-hydrogen) atoms. The second-order valence-corrected chi connectivity index (χ2v) is 5.78. The van der Waals surface area contributed by atoms with Crippen molar-refractivity contribution in [1.82, 2.24) is 9.97 Å². The van der Waals surface area contributed by atoms with E-state index in [-0.39, 0.29) is 0 Å². The summed E-state index contributed by atoms with van der Waals surface area (Å²) in [5, 5.41) is 15.7. The number of benzene rings is 2. The Morgan fingerprint density at radius 3 is 2.56 bits per heavy atom. The number of aryl methyl sites for hydroxylation is 2. The minimum absolute atomic E-state index is 0.556. The maximum atomic E-state index is 9.21. The van der Waals surface area contributed by atoms with Crippen LogP contribution in [0.25, 0.3) is 0 Å². The molecule has 0 unspecified atom stereocenters. The van der Waals surface area contributed by atoms with Crippen LogP contribution in [0, 0.1) is 25.2 Å². The Balaban J connectivity index is 1.79. The second-order valence-electron chi connectivity index (χ2n) is 5.78. The number of aromatic nitrogens is 2. The summed E-state index contributed by atoms with van der Waals surface area (Å²) in [6.07, 6.45) is 0. The van der Waals surface area contributed by atoms with Gasteiger partial charge >= 0.3 is 0 Å². The van der Waals surface area contributed by atoms with Gasteiger partial charge in [-0.3, -0.25) is 0 Å². The number of nitrogens with one attached hydrogen (secondary N) is 2. The normalized spacial score (nSPS) is 10.1. The van der Waals surface area contributed by atoms with E-state index < -0.39 is 0 Å². The Kier molecular flexibility index (Phi) is 4.91. The van der Waals surface area contributed by atoms with E-state index in [0.717, 1.165) is 11.4 Å². The van der Waals surface area contributed by atoms with Crippen LogP contribution in [0.4, 0.5) is 17.5 Å². The highest BCUT2D eigenvalue weighted by Crippen LogP contribution is 2.20. The van der Waals surface area contributed by atoms with Crippen LogP contribution in [-0.2, 0) is 6.54 Å². The first-order chi connectivity index (χ1) is 12.2. The minimum Gasteiger partial charge on any atom is -0.350 e. The number of nitrogens with zero attached hydrogens (tertiary/aromatic N) is 3. The molecule has 1 aromatic heterocycles. The summed E-state index contributed by atoms with van der Waals surface area (Å²) < 4.78 is 0. The molecule has 5 nitrogen and oxygen atoms in total. The fourth-order valence-electron chi connectivity index (χ4n) is 2.52. The molecule has 3 rings (SSSR count). The zero-order valence-corrected chi connectivity index (χ0v) is 14.2. The Hall–Kier alpha value is -3.39. The fourth-order valence-corrected chi connectivity index (χ4v) is 2.52. The SMILES string of the molecule is Cc1cc(Nc2ccccc2C#N)nc(NCc2ccccc2C)n1. The van der Waals surface area contributed by atoms with E-state index in [1.165, 1.54) is 11.1 Å². The Labute approximate surface area is 147 Å². The van der Waals surface area contributed by atoms with Crippen molar-refractivity contribution in [2.45, 2.75) is 20.4 Å². The van der Waals surface area contributed by atoms with Gasteiger partial charge in [-0.15, -0.1) is 0 Å². The molecule has 0 atom stereocenters. The Bertz CT molecular complexity index is 927. The first-order valence-corrected chi connectivity index (χ1v) is 8.06. The molecule has 0 radical (unpaired) electrons. The van der Waals surface area contributed by atoms with Crippen LogP contribution < -0.4 is 10.6 Å². The van der Waals surface area contributed by atoms with E-state index >= 15 is 0 Å². The van der Waals surface area contributed by atoms with Crippen molar-refractivity contribution in [2.24, 2.45) is 0 Å². The van der Waals surface area contributed by atoms with Crippen molar-refractivity contribution in [1.29, 1.82) is 5.26 Å². The van der Waals surface area contributed by atoms with Gasteiger partial charge in [-0.2, -0.15) is 10.2 Å². The van der Waals surface area contributed by atoms with E-state index in [1.807, 2.05) is 43.3 Å². The molecule has 0 aliphatic carbocycles. The predicted octanol–water partition coefficient (Wildman–Crippen LogP) is 4.32. The number of rotatable bonds is 5. The van der Waals surface area contributed by atoms with Gasteiger partial charge in [0.1, 0.15) is 11.9 Å². The van der Waals surface area contributed by atoms with Crippen molar-refractivity contribution >= 4 is 17.5 Å². The van der Waals surface area contributed by atoms with Gasteiger partial charge in [0.15, 0.2) is 0 Å². The second kappa shape index (κ2) is 7.45. The van der Waals surface area contributed by atoms with Crippen LogP contribution in [0.2, 0.25) is 0 Å². The smallest absolute Gasteiger partial charge is 0.225 e. The molecule has 0 fully saturated rings. The van der Waals surface area contributed by atoms with Crippen LogP contribution in [-0.4, -0.2) is 9.97 Å². The zero-order valence-electron chi connectivity index (χ0n) is 14.2. The summed E-state index contributed by atoms with van der Waals surface area (Å²) in [4.78, 5) is 8.94. The molecule has 0 bridgehead atoms. The topological polar surface area (TPSA) is 73.6 Å². The third kappa shape index (κ3) is 4.12. The number of hydrogen-bond acceptors (Lipinski definition) is 5. The van der Waals surface area contributed by atoms with Crippen LogP contribution in [0.15, 0.2) is 54.6 Å². The van der Waals surface area contributed by atoms with Crippen LogP contribution in [0.1, 0.15) is 22.4 Å². The molecule has 5 heteroatoms. The van der Waals surface area contributed by atoms with Gasteiger partial charge in [-0.25, -0.2) is 4.98 Å². The van der Waals surface area contributed by atoms with Crippen LogP contribution in [0.5, 0.6) is 0 Å². The predicted molar refractivity (Wildman–Crippen MR) is 99.7 cm³/mol. The molecule has 124 valence electrons. The third-order valence-electron chi connectivity index (χ3n) is 3.86.